The van der Waals surface area contributed by atoms with E-state index in [9.17, 15) is 13.2 Å². The summed E-state index contributed by atoms with van der Waals surface area (Å²) >= 11 is 0. The molecular weight excluding hydrogens is 388 g/mol. The topological polar surface area (TPSA) is 75.7 Å². The molecule has 0 fully saturated rings. The van der Waals surface area contributed by atoms with Gasteiger partial charge in [0.25, 0.3) is 0 Å². The molecule has 3 rings (SSSR count). The molecule has 0 saturated carbocycles. The van der Waals surface area contributed by atoms with E-state index in [-0.39, 0.29) is 0 Å². The van der Waals surface area contributed by atoms with E-state index in [0.29, 0.717) is 22.9 Å². The Kier molecular flexibility index (Phi) is 6.19. The van der Waals surface area contributed by atoms with Gasteiger partial charge >= 0.3 is 0 Å². The van der Waals surface area contributed by atoms with Gasteiger partial charge in [0.05, 0.1) is 17.6 Å². The lowest BCUT2D eigenvalue weighted by Crippen LogP contribution is -2.45. The number of amides is 1. The largest absolute Gasteiger partial charge is 0.455 e. The predicted molar refractivity (Wildman–Crippen MR) is 115 cm³/mol. The quantitative estimate of drug-likeness (QED) is 0.631. The van der Waals surface area contributed by atoms with Crippen molar-refractivity contribution < 1.29 is 17.9 Å². The van der Waals surface area contributed by atoms with Crippen molar-refractivity contribution in [3.05, 3.63) is 84.9 Å². The fraction of sp³-hybridized carbons (Fsp3) is 0.136. The van der Waals surface area contributed by atoms with Crippen LogP contribution in [-0.2, 0) is 14.8 Å². The highest BCUT2D eigenvalue weighted by molar-refractivity contribution is 7.92. The van der Waals surface area contributed by atoms with Crippen molar-refractivity contribution in [3.63, 3.8) is 0 Å². The minimum Gasteiger partial charge on any atom is -0.455 e. The first-order valence-electron chi connectivity index (χ1n) is 9.03. The van der Waals surface area contributed by atoms with Gasteiger partial charge in [0, 0.05) is 0 Å². The molecule has 7 heteroatoms. The van der Waals surface area contributed by atoms with E-state index < -0.39 is 22.0 Å². The summed E-state index contributed by atoms with van der Waals surface area (Å²) in [5.74, 6) is 0.623. The number of hydrogen-bond acceptors (Lipinski definition) is 4. The van der Waals surface area contributed by atoms with Gasteiger partial charge in [0.1, 0.15) is 11.8 Å². The summed E-state index contributed by atoms with van der Waals surface area (Å²) in [6.07, 6.45) is 1.08. The van der Waals surface area contributed by atoms with Gasteiger partial charge in [-0.15, -0.1) is 0 Å². The highest BCUT2D eigenvalue weighted by atomic mass is 32.2. The number of ether oxygens (including phenoxy) is 1. The minimum absolute atomic E-state index is 0.423. The van der Waals surface area contributed by atoms with Crippen LogP contribution in [0.3, 0.4) is 0 Å². The summed E-state index contributed by atoms with van der Waals surface area (Å²) in [4.78, 5) is 12.9. The van der Waals surface area contributed by atoms with Crippen molar-refractivity contribution in [2.24, 2.45) is 0 Å². The second-order valence-electron chi connectivity index (χ2n) is 6.47. The van der Waals surface area contributed by atoms with E-state index in [2.05, 4.69) is 5.32 Å². The van der Waals surface area contributed by atoms with Crippen LogP contribution in [0.4, 0.5) is 11.4 Å². The number of hydrogen-bond donors (Lipinski definition) is 1. The Morgan fingerprint density at radius 3 is 2.07 bits per heavy atom. The lowest BCUT2D eigenvalue weighted by Gasteiger charge is -2.28. The average Bonchev–Trinajstić information content (AvgIpc) is 2.70. The van der Waals surface area contributed by atoms with Crippen molar-refractivity contribution in [1.29, 1.82) is 0 Å². The summed E-state index contributed by atoms with van der Waals surface area (Å²) in [6.45, 7) is 1.55. The molecule has 1 N–H and O–H groups in total. The molecule has 0 radical (unpaired) electrons. The zero-order valence-electron chi connectivity index (χ0n) is 16.1. The van der Waals surface area contributed by atoms with Gasteiger partial charge < -0.3 is 10.1 Å². The minimum atomic E-state index is -3.67. The van der Waals surface area contributed by atoms with Crippen molar-refractivity contribution in [3.8, 4) is 11.5 Å². The van der Waals surface area contributed by atoms with Gasteiger partial charge in [-0.2, -0.15) is 0 Å². The first-order chi connectivity index (χ1) is 13.9. The van der Waals surface area contributed by atoms with Crippen molar-refractivity contribution >= 4 is 27.3 Å². The van der Waals surface area contributed by atoms with Gasteiger partial charge in [-0.1, -0.05) is 48.5 Å². The van der Waals surface area contributed by atoms with E-state index >= 15 is 0 Å². The van der Waals surface area contributed by atoms with Crippen molar-refractivity contribution in [2.75, 3.05) is 15.9 Å². The molecule has 3 aromatic carbocycles. The summed E-state index contributed by atoms with van der Waals surface area (Å²) in [7, 11) is -3.67. The van der Waals surface area contributed by atoms with Crippen LogP contribution in [0, 0.1) is 0 Å². The number of carbonyl (C=O) groups excluding carboxylic acids is 1. The number of para-hydroxylation sites is 4. The molecule has 0 aliphatic rings. The Morgan fingerprint density at radius 1 is 0.897 bits per heavy atom. The second-order valence-corrected chi connectivity index (χ2v) is 8.33. The predicted octanol–water partition coefficient (Wildman–Crippen LogP) is 4.27. The third-order valence-electron chi connectivity index (χ3n) is 4.22. The molecule has 0 aliphatic heterocycles. The zero-order chi connectivity index (χ0) is 20.9. The third-order valence-corrected chi connectivity index (χ3v) is 5.46. The van der Waals surface area contributed by atoms with Crippen LogP contribution in [0.5, 0.6) is 11.5 Å². The summed E-state index contributed by atoms with van der Waals surface area (Å²) in [6, 6.07) is 23.8. The third kappa shape index (κ3) is 5.14. The van der Waals surface area contributed by atoms with E-state index in [0.717, 1.165) is 10.6 Å². The van der Waals surface area contributed by atoms with Crippen LogP contribution in [0.2, 0.25) is 0 Å². The maximum atomic E-state index is 12.9. The molecule has 0 spiro atoms. The Morgan fingerprint density at radius 2 is 1.45 bits per heavy atom. The smallest absolute Gasteiger partial charge is 0.248 e. The summed E-state index contributed by atoms with van der Waals surface area (Å²) in [5, 5.41) is 2.78. The molecule has 29 heavy (non-hydrogen) atoms. The number of anilines is 2. The number of carbonyl (C=O) groups is 1. The van der Waals surface area contributed by atoms with Gasteiger partial charge in [0.2, 0.25) is 15.9 Å². The highest BCUT2D eigenvalue weighted by Gasteiger charge is 2.29. The highest BCUT2D eigenvalue weighted by Crippen LogP contribution is 2.30. The Balaban J connectivity index is 1.84. The average molecular weight is 410 g/mol. The molecule has 150 valence electrons. The van der Waals surface area contributed by atoms with Gasteiger partial charge in [-0.05, 0) is 43.3 Å². The van der Waals surface area contributed by atoms with Crippen molar-refractivity contribution in [1.82, 2.24) is 0 Å². The van der Waals surface area contributed by atoms with E-state index in [1.54, 1.807) is 61.5 Å². The molecule has 0 aromatic heterocycles. The second kappa shape index (κ2) is 8.79. The van der Waals surface area contributed by atoms with Crippen molar-refractivity contribution in [2.45, 2.75) is 13.0 Å². The van der Waals surface area contributed by atoms with Crippen LogP contribution >= 0.6 is 0 Å². The molecule has 0 bridgehead atoms. The SMILES string of the molecule is C[C@@H](C(=O)Nc1ccccc1Oc1ccccc1)N(c1ccccc1)S(C)(=O)=O. The molecule has 6 nitrogen and oxygen atoms in total. The van der Waals surface area contributed by atoms with Crippen LogP contribution in [0.25, 0.3) is 0 Å². The summed E-state index contributed by atoms with van der Waals surface area (Å²) < 4.78 is 31.7. The lowest BCUT2D eigenvalue weighted by molar-refractivity contribution is -0.116. The number of rotatable bonds is 7. The number of benzene rings is 3. The van der Waals surface area contributed by atoms with E-state index in [4.69, 9.17) is 4.74 Å². The molecule has 3 aromatic rings. The maximum Gasteiger partial charge on any atom is 0.248 e. The Hall–Kier alpha value is -3.32. The first-order valence-corrected chi connectivity index (χ1v) is 10.9. The fourth-order valence-electron chi connectivity index (χ4n) is 2.90. The number of nitrogens with zero attached hydrogens (tertiary/aromatic N) is 1. The monoisotopic (exact) mass is 410 g/mol. The maximum absolute atomic E-state index is 12.9. The van der Waals surface area contributed by atoms with Gasteiger partial charge in [0.15, 0.2) is 5.75 Å². The molecule has 1 atom stereocenters. The molecule has 0 unspecified atom stereocenters. The standard InChI is InChI=1S/C22H22N2O4S/c1-17(24(29(2,26)27)18-11-5-3-6-12-18)22(25)23-20-15-9-10-16-21(20)28-19-13-7-4-8-14-19/h3-17H,1-2H3,(H,23,25)/t17-/m0/s1. The van der Waals surface area contributed by atoms with Crippen LogP contribution in [-0.4, -0.2) is 26.6 Å². The van der Waals surface area contributed by atoms with E-state index in [1.807, 2.05) is 30.3 Å². The fourth-order valence-corrected chi connectivity index (χ4v) is 4.07. The van der Waals surface area contributed by atoms with E-state index in [1.165, 1.54) is 0 Å². The van der Waals surface area contributed by atoms with Gasteiger partial charge in [-0.25, -0.2) is 8.42 Å². The molecule has 0 aliphatic carbocycles. The normalized spacial score (nSPS) is 12.1. The number of nitrogens with one attached hydrogen (secondary N) is 1. The zero-order valence-corrected chi connectivity index (χ0v) is 17.0. The van der Waals surface area contributed by atoms with Crippen LogP contribution in [0.1, 0.15) is 6.92 Å². The number of sulfonamides is 1. The first kappa shape index (κ1) is 20.4. The molecule has 1 amide bonds. The Bertz CT molecular complexity index is 1070. The molecule has 0 heterocycles. The lowest BCUT2D eigenvalue weighted by atomic mass is 10.2. The van der Waals surface area contributed by atoms with Gasteiger partial charge in [-0.3, -0.25) is 9.10 Å². The van der Waals surface area contributed by atoms with Crippen LogP contribution in [0.15, 0.2) is 84.9 Å². The van der Waals surface area contributed by atoms with Crippen LogP contribution < -0.4 is 14.4 Å². The molecule has 0 saturated heterocycles. The molecular formula is C22H22N2O4S. The summed E-state index contributed by atoms with van der Waals surface area (Å²) in [5.41, 5.74) is 0.876. The Labute approximate surface area is 170 Å².